The molecule has 180 valence electrons. The number of fused-ring (bicyclic) bond motifs is 1. The van der Waals surface area contributed by atoms with Crippen molar-refractivity contribution in [3.05, 3.63) is 75.1 Å². The molecule has 0 saturated carbocycles. The molecule has 0 spiro atoms. The predicted octanol–water partition coefficient (Wildman–Crippen LogP) is 5.87. The monoisotopic (exact) mass is 556 g/mol. The molecular weight excluding hydrogens is 536 g/mol. The van der Waals surface area contributed by atoms with Crippen LogP contribution in [0.3, 0.4) is 0 Å². The summed E-state index contributed by atoms with van der Waals surface area (Å²) < 4.78 is 3.80. The third-order valence-corrected chi connectivity index (χ3v) is 6.52. The number of rotatable bonds is 8. The molecule has 0 unspecified atom stereocenters. The number of carboxylic acids is 1. The molecule has 0 fully saturated rings. The molecule has 2 aromatic carbocycles. The Hall–Kier alpha value is -3.43. The van der Waals surface area contributed by atoms with Gasteiger partial charge in [-0.15, -0.1) is 0 Å². The highest BCUT2D eigenvalue weighted by molar-refractivity contribution is 9.10. The van der Waals surface area contributed by atoms with Crippen LogP contribution in [0.4, 0.5) is 5.69 Å². The van der Waals surface area contributed by atoms with Gasteiger partial charge in [-0.3, -0.25) is 14.4 Å². The van der Waals surface area contributed by atoms with Gasteiger partial charge in [-0.25, -0.2) is 4.68 Å². The van der Waals surface area contributed by atoms with Crippen molar-refractivity contribution in [1.82, 2.24) is 14.3 Å². The Bertz CT molecular complexity index is 1470. The predicted molar refractivity (Wildman–Crippen MR) is 138 cm³/mol. The van der Waals surface area contributed by atoms with E-state index in [2.05, 4.69) is 26.3 Å². The third-order valence-electron chi connectivity index (χ3n) is 5.63. The highest BCUT2D eigenvalue weighted by Gasteiger charge is 2.19. The van der Waals surface area contributed by atoms with Crippen molar-refractivity contribution in [3.8, 4) is 5.69 Å². The molecule has 0 atom stereocenters. The maximum atomic E-state index is 13.1. The number of amides is 1. The summed E-state index contributed by atoms with van der Waals surface area (Å²) in [6, 6.07) is 10.3. The van der Waals surface area contributed by atoms with Gasteiger partial charge in [0.05, 0.1) is 34.4 Å². The van der Waals surface area contributed by atoms with Crippen molar-refractivity contribution in [1.29, 1.82) is 0 Å². The average molecular weight is 558 g/mol. The fourth-order valence-electron chi connectivity index (χ4n) is 3.96. The topological polar surface area (TPSA) is 106 Å². The first-order valence-corrected chi connectivity index (χ1v) is 12.1. The molecule has 10 heteroatoms. The van der Waals surface area contributed by atoms with E-state index in [1.165, 1.54) is 10.8 Å². The molecule has 2 heterocycles. The Balaban J connectivity index is 1.62. The molecule has 0 saturated heterocycles. The molecule has 0 aliphatic heterocycles. The second-order valence-electron chi connectivity index (χ2n) is 8.07. The largest absolute Gasteiger partial charge is 0.480 e. The lowest BCUT2D eigenvalue weighted by Crippen LogP contribution is -2.13. The number of halogens is 2. The number of carboxylic acid groups (broad SMARTS) is 1. The van der Waals surface area contributed by atoms with Crippen molar-refractivity contribution in [2.45, 2.75) is 33.2 Å². The molecule has 2 N–H and O–H groups in total. The maximum absolute atomic E-state index is 13.1. The summed E-state index contributed by atoms with van der Waals surface area (Å²) in [5, 5.41) is 17.4. The van der Waals surface area contributed by atoms with Crippen LogP contribution >= 0.6 is 27.5 Å². The van der Waals surface area contributed by atoms with Gasteiger partial charge in [0, 0.05) is 33.0 Å². The molecule has 8 nitrogen and oxygen atoms in total. The van der Waals surface area contributed by atoms with E-state index in [1.54, 1.807) is 47.3 Å². The Morgan fingerprint density at radius 3 is 2.60 bits per heavy atom. The Labute approximate surface area is 214 Å². The van der Waals surface area contributed by atoms with E-state index >= 15 is 0 Å². The highest BCUT2D eigenvalue weighted by Crippen LogP contribution is 2.29. The molecule has 0 aliphatic carbocycles. The Morgan fingerprint density at radius 2 is 1.91 bits per heavy atom. The van der Waals surface area contributed by atoms with Gasteiger partial charge in [0.15, 0.2) is 5.78 Å². The van der Waals surface area contributed by atoms with Crippen molar-refractivity contribution in [3.63, 3.8) is 0 Å². The van der Waals surface area contributed by atoms with Crippen LogP contribution in [0.15, 0.2) is 53.3 Å². The van der Waals surface area contributed by atoms with Crippen LogP contribution < -0.4 is 5.32 Å². The van der Waals surface area contributed by atoms with E-state index < -0.39 is 11.9 Å². The molecular formula is C25H22BrClN4O4. The van der Waals surface area contributed by atoms with Crippen LogP contribution in [-0.4, -0.2) is 37.1 Å². The summed E-state index contributed by atoms with van der Waals surface area (Å²) in [7, 11) is 0. The van der Waals surface area contributed by atoms with Crippen LogP contribution in [0.1, 0.15) is 46.2 Å². The zero-order valence-corrected chi connectivity index (χ0v) is 21.4. The number of Topliss-reactive ketones (excluding diaryl/α,β-unsaturated/α-hetero) is 1. The summed E-state index contributed by atoms with van der Waals surface area (Å²) >= 11 is 9.63. The number of nitrogens with zero attached hydrogens (tertiary/aromatic N) is 3. The Kier molecular flexibility index (Phi) is 7.09. The van der Waals surface area contributed by atoms with E-state index in [9.17, 15) is 19.5 Å². The number of aromatic nitrogens is 3. The Morgan fingerprint density at radius 1 is 1.14 bits per heavy atom. The van der Waals surface area contributed by atoms with Gasteiger partial charge in [0.1, 0.15) is 6.54 Å². The fourth-order valence-corrected chi connectivity index (χ4v) is 4.60. The molecule has 1 amide bonds. The van der Waals surface area contributed by atoms with Crippen LogP contribution in [0.5, 0.6) is 0 Å². The number of hydrogen-bond acceptors (Lipinski definition) is 4. The van der Waals surface area contributed by atoms with Crippen molar-refractivity contribution in [2.75, 3.05) is 5.32 Å². The van der Waals surface area contributed by atoms with Gasteiger partial charge in [0.25, 0.3) is 5.91 Å². The highest BCUT2D eigenvalue weighted by atomic mass is 79.9. The third kappa shape index (κ3) is 5.01. The average Bonchev–Trinajstić information content (AvgIpc) is 3.35. The normalized spacial score (nSPS) is 11.1. The summed E-state index contributed by atoms with van der Waals surface area (Å²) in [6.07, 6.45) is 4.32. The summed E-state index contributed by atoms with van der Waals surface area (Å²) in [5.41, 5.74) is 3.49. The van der Waals surface area contributed by atoms with Crippen LogP contribution in [0.25, 0.3) is 16.6 Å². The van der Waals surface area contributed by atoms with Crippen molar-refractivity contribution < 1.29 is 19.5 Å². The quantitative estimate of drug-likeness (QED) is 0.264. The van der Waals surface area contributed by atoms with E-state index in [0.717, 1.165) is 17.8 Å². The number of anilines is 1. The number of ketones is 1. The van der Waals surface area contributed by atoms with Gasteiger partial charge in [-0.2, -0.15) is 5.10 Å². The molecule has 0 bridgehead atoms. The lowest BCUT2D eigenvalue weighted by molar-refractivity contribution is -0.137. The van der Waals surface area contributed by atoms with E-state index in [1.807, 2.05) is 13.8 Å². The first-order valence-electron chi connectivity index (χ1n) is 10.9. The second kappa shape index (κ2) is 10.1. The number of nitrogens with one attached hydrogen (secondary N) is 1. The van der Waals surface area contributed by atoms with E-state index in [4.69, 9.17) is 11.6 Å². The number of benzene rings is 2. The lowest BCUT2D eigenvalue weighted by Gasteiger charge is -2.11. The summed E-state index contributed by atoms with van der Waals surface area (Å²) in [6.45, 7) is 3.52. The molecule has 35 heavy (non-hydrogen) atoms. The second-order valence-corrected chi connectivity index (χ2v) is 9.36. The number of hydrogen-bond donors (Lipinski definition) is 2. The fraction of sp³-hybridized carbons (Fsp3) is 0.200. The van der Waals surface area contributed by atoms with E-state index in [0.29, 0.717) is 43.6 Å². The van der Waals surface area contributed by atoms with Gasteiger partial charge in [0.2, 0.25) is 0 Å². The van der Waals surface area contributed by atoms with Crippen LogP contribution in [-0.2, 0) is 11.3 Å². The molecule has 2 aromatic heterocycles. The smallest absolute Gasteiger partial charge is 0.323 e. The number of carbonyl (C=O) groups excluding carboxylic acids is 2. The SMILES string of the molecule is CCCC(=O)c1cnn(-c2ccc(NC(=O)c3cn(CC(=O)O)c4ccc(Cl)cc34)c(Br)c2)c1C. The summed E-state index contributed by atoms with van der Waals surface area (Å²) in [5.74, 6) is -1.37. The van der Waals surface area contributed by atoms with Gasteiger partial charge >= 0.3 is 5.97 Å². The van der Waals surface area contributed by atoms with Crippen molar-refractivity contribution >= 4 is 61.8 Å². The lowest BCUT2D eigenvalue weighted by atomic mass is 10.1. The minimum atomic E-state index is -1.02. The molecule has 4 aromatic rings. The minimum absolute atomic E-state index is 0.0568. The van der Waals surface area contributed by atoms with Crippen LogP contribution in [0.2, 0.25) is 5.02 Å². The summed E-state index contributed by atoms with van der Waals surface area (Å²) in [4.78, 5) is 36.7. The van der Waals surface area contributed by atoms with Crippen molar-refractivity contribution in [2.24, 2.45) is 0 Å². The standard InChI is InChI=1S/C25H22BrClN4O4/c1-3-4-23(32)18-11-28-31(14(18)2)16-6-7-21(20(26)10-16)29-25(35)19-12-30(13-24(33)34)22-8-5-15(27)9-17(19)22/h5-12H,3-4,13H2,1-2H3,(H,29,35)(H,33,34). The first-order chi connectivity index (χ1) is 16.7. The van der Waals surface area contributed by atoms with E-state index in [-0.39, 0.29) is 12.3 Å². The molecule has 4 rings (SSSR count). The zero-order valence-electron chi connectivity index (χ0n) is 19.0. The minimum Gasteiger partial charge on any atom is -0.480 e. The van der Waals surface area contributed by atoms with Gasteiger partial charge in [-0.1, -0.05) is 18.5 Å². The molecule has 0 radical (unpaired) electrons. The zero-order chi connectivity index (χ0) is 25.3. The first kappa shape index (κ1) is 24.7. The maximum Gasteiger partial charge on any atom is 0.323 e. The van der Waals surface area contributed by atoms with Gasteiger partial charge < -0.3 is 15.0 Å². The molecule has 0 aliphatic rings. The van der Waals surface area contributed by atoms with Crippen LogP contribution in [0, 0.1) is 6.92 Å². The van der Waals surface area contributed by atoms with Gasteiger partial charge in [-0.05, 0) is 65.7 Å². The number of carbonyl (C=O) groups is 3. The number of aliphatic carboxylic acids is 1.